The highest BCUT2D eigenvalue weighted by atomic mass is 16.7. The van der Waals surface area contributed by atoms with Crippen molar-refractivity contribution in [3.8, 4) is 0 Å². The van der Waals surface area contributed by atoms with Gasteiger partial charge in [0.15, 0.2) is 6.29 Å². The van der Waals surface area contributed by atoms with Gasteiger partial charge >= 0.3 is 0 Å². The molecule has 1 saturated heterocycles. The molecule has 1 fully saturated rings. The summed E-state index contributed by atoms with van der Waals surface area (Å²) in [5.41, 5.74) is 0. The van der Waals surface area contributed by atoms with E-state index in [1.165, 1.54) is 70.6 Å². The fourth-order valence-electron chi connectivity index (χ4n) is 4.86. The van der Waals surface area contributed by atoms with Crippen LogP contribution in [-0.4, -0.2) is 87.5 Å². The molecule has 1 amide bonds. The van der Waals surface area contributed by atoms with Crippen molar-refractivity contribution in [2.24, 2.45) is 0 Å². The third-order valence-corrected chi connectivity index (χ3v) is 7.50. The van der Waals surface area contributed by atoms with Gasteiger partial charge in [0.05, 0.1) is 25.4 Å². The molecule has 6 N–H and O–H groups in total. The maximum absolute atomic E-state index is 12.2. The van der Waals surface area contributed by atoms with Crippen LogP contribution in [0.2, 0.25) is 0 Å². The number of hydrogen-bond acceptors (Lipinski definition) is 8. The summed E-state index contributed by atoms with van der Waals surface area (Å²) in [7, 11) is 0. The van der Waals surface area contributed by atoms with Crippen molar-refractivity contribution in [2.75, 3.05) is 13.2 Å². The number of rotatable bonds is 24. The number of allylic oxidation sites excluding steroid dienone is 3. The molecule has 0 bridgehead atoms. The molecular weight excluding hydrogens is 526 g/mol. The van der Waals surface area contributed by atoms with E-state index < -0.39 is 49.5 Å². The summed E-state index contributed by atoms with van der Waals surface area (Å²) in [5.74, 6) is -0.243. The minimum absolute atomic E-state index is 0.206. The van der Waals surface area contributed by atoms with Crippen LogP contribution in [0.1, 0.15) is 117 Å². The summed E-state index contributed by atoms with van der Waals surface area (Å²) < 4.78 is 10.9. The minimum Gasteiger partial charge on any atom is -0.394 e. The van der Waals surface area contributed by atoms with Gasteiger partial charge in [-0.1, -0.05) is 102 Å². The van der Waals surface area contributed by atoms with Crippen LogP contribution in [0.25, 0.3) is 0 Å². The van der Waals surface area contributed by atoms with Crippen LogP contribution in [0.5, 0.6) is 0 Å². The Kier molecular flexibility index (Phi) is 22.2. The van der Waals surface area contributed by atoms with E-state index in [0.717, 1.165) is 19.3 Å². The number of aliphatic hydroxyl groups excluding tert-OH is 5. The monoisotopic (exact) mass is 585 g/mol. The number of aliphatic hydroxyl groups is 5. The molecular formula is C32H59NO8. The lowest BCUT2D eigenvalue weighted by atomic mass is 9.99. The third-order valence-electron chi connectivity index (χ3n) is 7.50. The number of carbonyl (C=O) groups is 1. The Morgan fingerprint density at radius 1 is 0.805 bits per heavy atom. The van der Waals surface area contributed by atoms with E-state index in [2.05, 4.69) is 24.4 Å². The number of amides is 1. The van der Waals surface area contributed by atoms with Gasteiger partial charge in [-0.25, -0.2) is 0 Å². The van der Waals surface area contributed by atoms with Gasteiger partial charge < -0.3 is 40.3 Å². The lowest BCUT2D eigenvalue weighted by Gasteiger charge is -2.40. The van der Waals surface area contributed by atoms with Crippen molar-refractivity contribution >= 4 is 5.91 Å². The molecule has 1 heterocycles. The largest absolute Gasteiger partial charge is 0.394 e. The topological polar surface area (TPSA) is 149 Å². The van der Waals surface area contributed by atoms with Crippen LogP contribution in [0.4, 0.5) is 0 Å². The lowest BCUT2D eigenvalue weighted by Crippen LogP contribution is -2.60. The molecule has 1 aliphatic heterocycles. The molecule has 1 aliphatic rings. The Hall–Kier alpha value is -1.33. The van der Waals surface area contributed by atoms with Crippen molar-refractivity contribution in [3.05, 3.63) is 24.3 Å². The van der Waals surface area contributed by atoms with Gasteiger partial charge in [0.2, 0.25) is 5.91 Å². The third kappa shape index (κ3) is 16.8. The number of hydrogen-bond donors (Lipinski definition) is 6. The van der Waals surface area contributed by atoms with E-state index >= 15 is 0 Å². The summed E-state index contributed by atoms with van der Waals surface area (Å²) >= 11 is 0. The Morgan fingerprint density at radius 3 is 2.00 bits per heavy atom. The predicted molar refractivity (Wildman–Crippen MR) is 161 cm³/mol. The normalized spacial score (nSPS) is 24.7. The average Bonchev–Trinajstić information content (AvgIpc) is 2.96. The fraction of sp³-hybridized carbons (Fsp3) is 0.844. The quantitative estimate of drug-likeness (QED) is 0.0734. The standard InChI is InChI=1S/C32H59NO8/c1-3-5-6-7-8-9-10-11-12-13-14-15-16-17-18-19-20-22-26(35)25(33-28(36)21-4-2)24-40-32-31(39)30(38)29(37)27(23-34)41-32/h16-17,20,22,25-27,29-32,34-35,37-39H,3-15,18-19,21,23-24H2,1-2H3,(H,33,36)/b17-16+,22-20+. The maximum Gasteiger partial charge on any atom is 0.220 e. The van der Waals surface area contributed by atoms with E-state index in [-0.39, 0.29) is 18.9 Å². The molecule has 0 radical (unpaired) electrons. The zero-order valence-electron chi connectivity index (χ0n) is 25.5. The van der Waals surface area contributed by atoms with Gasteiger partial charge in [0, 0.05) is 6.42 Å². The second-order valence-electron chi connectivity index (χ2n) is 11.2. The highest BCUT2D eigenvalue weighted by molar-refractivity contribution is 5.76. The first kappa shape index (κ1) is 37.7. The molecule has 0 saturated carbocycles. The molecule has 7 atom stereocenters. The number of nitrogens with one attached hydrogen (secondary N) is 1. The smallest absolute Gasteiger partial charge is 0.220 e. The highest BCUT2D eigenvalue weighted by Crippen LogP contribution is 2.22. The Bertz CT molecular complexity index is 701. The summed E-state index contributed by atoms with van der Waals surface area (Å²) in [4.78, 5) is 12.2. The van der Waals surface area contributed by atoms with Crippen molar-refractivity contribution in [3.63, 3.8) is 0 Å². The Labute approximate surface area is 248 Å². The SMILES string of the molecule is CCCCCCCCCCCCC/C=C/CC/C=C/C(O)C(COC1OC(CO)C(O)C(O)C1O)NC(=O)CCC. The summed E-state index contributed by atoms with van der Waals surface area (Å²) in [6.45, 7) is 3.36. The van der Waals surface area contributed by atoms with Crippen LogP contribution in [0.15, 0.2) is 24.3 Å². The maximum atomic E-state index is 12.2. The summed E-state index contributed by atoms with van der Waals surface area (Å²) in [6, 6.07) is -0.811. The molecule has 9 nitrogen and oxygen atoms in total. The zero-order valence-corrected chi connectivity index (χ0v) is 25.5. The van der Waals surface area contributed by atoms with Crippen LogP contribution in [-0.2, 0) is 14.3 Å². The number of unbranched alkanes of at least 4 members (excludes halogenated alkanes) is 12. The molecule has 0 spiro atoms. The van der Waals surface area contributed by atoms with E-state index in [4.69, 9.17) is 9.47 Å². The molecule has 0 aliphatic carbocycles. The van der Waals surface area contributed by atoms with Crippen LogP contribution < -0.4 is 5.32 Å². The van der Waals surface area contributed by atoms with Crippen LogP contribution in [0.3, 0.4) is 0 Å². The highest BCUT2D eigenvalue weighted by Gasteiger charge is 2.44. The second-order valence-corrected chi connectivity index (χ2v) is 11.2. The van der Waals surface area contributed by atoms with E-state index in [0.29, 0.717) is 6.42 Å². The van der Waals surface area contributed by atoms with E-state index in [9.17, 15) is 30.3 Å². The number of ether oxygens (including phenoxy) is 2. The van der Waals surface area contributed by atoms with E-state index in [1.54, 1.807) is 6.08 Å². The Morgan fingerprint density at radius 2 is 1.39 bits per heavy atom. The van der Waals surface area contributed by atoms with Crippen molar-refractivity contribution in [1.82, 2.24) is 5.32 Å². The molecule has 240 valence electrons. The van der Waals surface area contributed by atoms with Gasteiger partial charge in [-0.05, 0) is 32.1 Å². The number of carbonyl (C=O) groups excluding carboxylic acids is 1. The molecule has 0 aromatic heterocycles. The molecule has 0 aromatic rings. The molecule has 1 rings (SSSR count). The van der Waals surface area contributed by atoms with Gasteiger partial charge in [0.1, 0.15) is 24.4 Å². The van der Waals surface area contributed by atoms with Crippen LogP contribution in [0, 0.1) is 0 Å². The first-order valence-corrected chi connectivity index (χ1v) is 16.1. The van der Waals surface area contributed by atoms with Gasteiger partial charge in [-0.3, -0.25) is 4.79 Å². The zero-order chi connectivity index (χ0) is 30.3. The molecule has 0 aromatic carbocycles. The second kappa shape index (κ2) is 24.1. The van der Waals surface area contributed by atoms with Crippen molar-refractivity contribution in [2.45, 2.75) is 159 Å². The fourth-order valence-corrected chi connectivity index (χ4v) is 4.86. The van der Waals surface area contributed by atoms with E-state index in [1.807, 2.05) is 13.0 Å². The summed E-state index contributed by atoms with van der Waals surface area (Å²) in [6.07, 6.45) is 18.2. The average molecular weight is 586 g/mol. The van der Waals surface area contributed by atoms with Gasteiger partial charge in [-0.2, -0.15) is 0 Å². The van der Waals surface area contributed by atoms with Crippen LogP contribution >= 0.6 is 0 Å². The Balaban J connectivity index is 2.33. The molecule has 7 unspecified atom stereocenters. The molecule has 9 heteroatoms. The van der Waals surface area contributed by atoms with Gasteiger partial charge in [-0.15, -0.1) is 0 Å². The first-order valence-electron chi connectivity index (χ1n) is 16.1. The molecule has 41 heavy (non-hydrogen) atoms. The van der Waals surface area contributed by atoms with Gasteiger partial charge in [0.25, 0.3) is 0 Å². The predicted octanol–water partition coefficient (Wildman–Crippen LogP) is 4.04. The van der Waals surface area contributed by atoms with Crippen molar-refractivity contribution < 1.29 is 39.8 Å². The lowest BCUT2D eigenvalue weighted by molar-refractivity contribution is -0.302. The minimum atomic E-state index is -1.56. The first-order chi connectivity index (χ1) is 19.8. The summed E-state index contributed by atoms with van der Waals surface area (Å²) in [5, 5.41) is 52.9. The van der Waals surface area contributed by atoms with Crippen molar-refractivity contribution in [1.29, 1.82) is 0 Å².